The van der Waals surface area contributed by atoms with E-state index in [0.717, 1.165) is 46.5 Å². The van der Waals surface area contributed by atoms with E-state index in [1.165, 1.54) is 0 Å². The number of H-pyrrole nitrogens is 1. The lowest BCUT2D eigenvalue weighted by atomic mass is 9.77. The standard InChI is InChI=1S/C21H24ClN3O2/c1-13-16(11-24-25(13)14-8-21(2,26)9-14)20-18(12-27-3)17(10-23-20)15-6-4-5-7-19(15)22/h4-7,10-11,14,23,26H,8-9,12H2,1-3H3. The van der Waals surface area contributed by atoms with Crippen LogP contribution in [0.25, 0.3) is 22.4 Å². The van der Waals surface area contributed by atoms with Crippen LogP contribution in [-0.4, -0.2) is 32.6 Å². The molecule has 6 heteroatoms. The molecular weight excluding hydrogens is 362 g/mol. The molecule has 0 radical (unpaired) electrons. The molecule has 2 N–H and O–H groups in total. The summed E-state index contributed by atoms with van der Waals surface area (Å²) in [6, 6.07) is 8.07. The number of aromatic amines is 1. The van der Waals surface area contributed by atoms with E-state index in [1.54, 1.807) is 7.11 Å². The summed E-state index contributed by atoms with van der Waals surface area (Å²) in [6.45, 7) is 4.42. The van der Waals surface area contributed by atoms with Gasteiger partial charge in [-0.1, -0.05) is 29.8 Å². The summed E-state index contributed by atoms with van der Waals surface area (Å²) < 4.78 is 7.51. The lowest BCUT2D eigenvalue weighted by molar-refractivity contribution is -0.0548. The topological polar surface area (TPSA) is 63.1 Å². The third-order valence-electron chi connectivity index (χ3n) is 5.45. The number of methoxy groups -OCH3 is 1. The zero-order chi connectivity index (χ0) is 19.2. The maximum absolute atomic E-state index is 10.1. The van der Waals surface area contributed by atoms with Gasteiger partial charge in [-0.25, -0.2) is 0 Å². The van der Waals surface area contributed by atoms with E-state index in [2.05, 4.69) is 17.0 Å². The third-order valence-corrected chi connectivity index (χ3v) is 5.78. The molecule has 0 aliphatic heterocycles. The van der Waals surface area contributed by atoms with Crippen molar-refractivity contribution >= 4 is 11.6 Å². The van der Waals surface area contributed by atoms with E-state index in [1.807, 2.05) is 48.3 Å². The fraction of sp³-hybridized carbons (Fsp3) is 0.381. The first kappa shape index (κ1) is 18.3. The van der Waals surface area contributed by atoms with Crippen molar-refractivity contribution in [3.8, 4) is 22.4 Å². The zero-order valence-corrected chi connectivity index (χ0v) is 16.5. The Hall–Kier alpha value is -2.08. The second-order valence-corrected chi connectivity index (χ2v) is 8.02. The van der Waals surface area contributed by atoms with Gasteiger partial charge in [0, 0.05) is 46.3 Å². The van der Waals surface area contributed by atoms with E-state index in [4.69, 9.17) is 16.3 Å². The van der Waals surface area contributed by atoms with E-state index in [-0.39, 0.29) is 6.04 Å². The summed E-state index contributed by atoms with van der Waals surface area (Å²) in [5.41, 5.74) is 5.64. The first-order valence-corrected chi connectivity index (χ1v) is 9.50. The third kappa shape index (κ3) is 3.20. The molecular formula is C21H24ClN3O2. The van der Waals surface area contributed by atoms with Crippen LogP contribution in [0.1, 0.15) is 37.1 Å². The van der Waals surface area contributed by atoms with E-state index >= 15 is 0 Å². The molecule has 1 aromatic carbocycles. The number of hydrogen-bond acceptors (Lipinski definition) is 3. The zero-order valence-electron chi connectivity index (χ0n) is 15.8. The molecule has 0 amide bonds. The number of nitrogens with one attached hydrogen (secondary N) is 1. The Kier molecular flexibility index (Phi) is 4.62. The molecule has 0 spiro atoms. The largest absolute Gasteiger partial charge is 0.390 e. The van der Waals surface area contributed by atoms with Crippen LogP contribution in [0.4, 0.5) is 0 Å². The summed E-state index contributed by atoms with van der Waals surface area (Å²) in [4.78, 5) is 3.41. The highest BCUT2D eigenvalue weighted by Gasteiger charge is 2.40. The summed E-state index contributed by atoms with van der Waals surface area (Å²) in [5.74, 6) is 0. The Labute approximate surface area is 163 Å². The predicted octanol–water partition coefficient (Wildman–Crippen LogP) is 4.74. The van der Waals surface area contributed by atoms with Gasteiger partial charge in [0.2, 0.25) is 0 Å². The Bertz CT molecular complexity index is 966. The van der Waals surface area contributed by atoms with Crippen LogP contribution < -0.4 is 0 Å². The van der Waals surface area contributed by atoms with Crippen LogP contribution in [-0.2, 0) is 11.3 Å². The lowest BCUT2D eigenvalue weighted by Crippen LogP contribution is -2.42. The fourth-order valence-electron chi connectivity index (χ4n) is 4.07. The van der Waals surface area contributed by atoms with Crippen LogP contribution in [0, 0.1) is 6.92 Å². The minimum absolute atomic E-state index is 0.248. The maximum Gasteiger partial charge on any atom is 0.0740 e. The number of aliphatic hydroxyl groups is 1. The minimum Gasteiger partial charge on any atom is -0.390 e. The Morgan fingerprint density at radius 1 is 1.30 bits per heavy atom. The molecule has 5 nitrogen and oxygen atoms in total. The molecule has 4 rings (SSSR count). The Balaban J connectivity index is 1.75. The molecule has 0 atom stereocenters. The molecule has 1 aliphatic rings. The van der Waals surface area contributed by atoms with Gasteiger partial charge in [-0.05, 0) is 32.8 Å². The van der Waals surface area contributed by atoms with Crippen LogP contribution in [0.5, 0.6) is 0 Å². The normalized spacial score (nSPS) is 22.0. The molecule has 3 aromatic rings. The second kappa shape index (κ2) is 6.82. The smallest absolute Gasteiger partial charge is 0.0740 e. The SMILES string of the molecule is COCc1c(-c2ccccc2Cl)c[nH]c1-c1cnn(C2CC(C)(O)C2)c1C. The van der Waals surface area contributed by atoms with Crippen molar-refractivity contribution in [2.24, 2.45) is 0 Å². The van der Waals surface area contributed by atoms with Crippen molar-refractivity contribution in [2.75, 3.05) is 7.11 Å². The first-order valence-electron chi connectivity index (χ1n) is 9.12. The molecule has 27 heavy (non-hydrogen) atoms. The van der Waals surface area contributed by atoms with Gasteiger partial charge in [-0.2, -0.15) is 5.10 Å². The van der Waals surface area contributed by atoms with Crippen molar-refractivity contribution in [3.05, 3.63) is 52.9 Å². The Morgan fingerprint density at radius 3 is 2.70 bits per heavy atom. The van der Waals surface area contributed by atoms with Crippen LogP contribution >= 0.6 is 11.6 Å². The van der Waals surface area contributed by atoms with E-state index in [9.17, 15) is 5.11 Å². The van der Waals surface area contributed by atoms with Gasteiger partial charge in [-0.15, -0.1) is 0 Å². The van der Waals surface area contributed by atoms with E-state index < -0.39 is 5.60 Å². The van der Waals surface area contributed by atoms with Crippen molar-refractivity contribution in [1.82, 2.24) is 14.8 Å². The second-order valence-electron chi connectivity index (χ2n) is 7.62. The number of nitrogens with zero attached hydrogens (tertiary/aromatic N) is 2. The number of ether oxygens (including phenoxy) is 1. The molecule has 0 bridgehead atoms. The molecule has 1 fully saturated rings. The van der Waals surface area contributed by atoms with Gasteiger partial charge in [0.25, 0.3) is 0 Å². The number of hydrogen-bond donors (Lipinski definition) is 2. The molecule has 0 saturated heterocycles. The van der Waals surface area contributed by atoms with Gasteiger partial charge in [0.05, 0.1) is 30.1 Å². The summed E-state index contributed by atoms with van der Waals surface area (Å²) >= 11 is 6.42. The summed E-state index contributed by atoms with van der Waals surface area (Å²) in [7, 11) is 1.69. The average molecular weight is 386 g/mol. The number of rotatable bonds is 5. The van der Waals surface area contributed by atoms with Crippen LogP contribution in [0.2, 0.25) is 5.02 Å². The van der Waals surface area contributed by atoms with Gasteiger partial charge in [-0.3, -0.25) is 4.68 Å². The maximum atomic E-state index is 10.1. The number of halogens is 1. The molecule has 2 heterocycles. The monoisotopic (exact) mass is 385 g/mol. The summed E-state index contributed by atoms with van der Waals surface area (Å²) in [6.07, 6.45) is 5.34. The lowest BCUT2D eigenvalue weighted by Gasteiger charge is -2.41. The fourth-order valence-corrected chi connectivity index (χ4v) is 4.31. The molecule has 142 valence electrons. The molecule has 1 saturated carbocycles. The van der Waals surface area contributed by atoms with Gasteiger partial charge in [0.15, 0.2) is 0 Å². The molecule has 2 aromatic heterocycles. The quantitative estimate of drug-likeness (QED) is 0.666. The number of benzene rings is 1. The van der Waals surface area contributed by atoms with Gasteiger partial charge >= 0.3 is 0 Å². The van der Waals surface area contributed by atoms with Gasteiger partial charge in [0.1, 0.15) is 0 Å². The Morgan fingerprint density at radius 2 is 2.04 bits per heavy atom. The van der Waals surface area contributed by atoms with E-state index in [0.29, 0.717) is 11.6 Å². The first-order chi connectivity index (χ1) is 12.9. The highest BCUT2D eigenvalue weighted by molar-refractivity contribution is 6.33. The minimum atomic E-state index is -0.575. The average Bonchev–Trinajstić information content (AvgIpc) is 3.17. The van der Waals surface area contributed by atoms with Crippen molar-refractivity contribution in [2.45, 2.75) is 44.9 Å². The highest BCUT2D eigenvalue weighted by atomic mass is 35.5. The predicted molar refractivity (Wildman–Crippen MR) is 107 cm³/mol. The highest BCUT2D eigenvalue weighted by Crippen LogP contribution is 2.43. The van der Waals surface area contributed by atoms with Gasteiger partial charge < -0.3 is 14.8 Å². The summed E-state index contributed by atoms with van der Waals surface area (Å²) in [5, 5.41) is 15.4. The van der Waals surface area contributed by atoms with Crippen molar-refractivity contribution in [3.63, 3.8) is 0 Å². The molecule has 0 unspecified atom stereocenters. The van der Waals surface area contributed by atoms with Crippen molar-refractivity contribution in [1.29, 1.82) is 0 Å². The number of aromatic nitrogens is 3. The molecule has 1 aliphatic carbocycles. The van der Waals surface area contributed by atoms with Crippen molar-refractivity contribution < 1.29 is 9.84 Å². The van der Waals surface area contributed by atoms with Crippen LogP contribution in [0.15, 0.2) is 36.7 Å². The van der Waals surface area contributed by atoms with Crippen LogP contribution in [0.3, 0.4) is 0 Å².